The molecule has 0 saturated heterocycles. The van der Waals surface area contributed by atoms with Crippen molar-refractivity contribution >= 4 is 0 Å². The third-order valence-corrected chi connectivity index (χ3v) is 1.48. The minimum Gasteiger partial charge on any atom is -0.233 e. The first kappa shape index (κ1) is 7.70. The quantitative estimate of drug-likeness (QED) is 0.488. The Morgan fingerprint density at radius 2 is 1.88 bits per heavy atom. The van der Waals surface area contributed by atoms with E-state index in [1.807, 2.05) is 13.8 Å². The molecule has 0 bridgehead atoms. The molecule has 0 amide bonds. The molecule has 0 fully saturated rings. The monoisotopic (exact) mass is 113 g/mol. The molecule has 47 valence electrons. The molecule has 0 saturated carbocycles. The summed E-state index contributed by atoms with van der Waals surface area (Å²) in [5.41, 5.74) is 0.979. The summed E-state index contributed by atoms with van der Waals surface area (Å²) in [5, 5.41) is 10.6. The van der Waals surface area contributed by atoms with Crippen molar-refractivity contribution in [1.82, 2.24) is 0 Å². The lowest BCUT2D eigenvalue weighted by molar-refractivity contribution is 0.0720. The van der Waals surface area contributed by atoms with E-state index in [0.29, 0.717) is 0 Å². The van der Waals surface area contributed by atoms with Crippen molar-refractivity contribution in [3.05, 3.63) is 12.2 Å². The van der Waals surface area contributed by atoms with Crippen molar-refractivity contribution in [2.45, 2.75) is 26.9 Å². The van der Waals surface area contributed by atoms with E-state index in [1.165, 1.54) is 0 Å². The maximum absolute atomic E-state index is 10.6. The second kappa shape index (κ2) is 2.88. The van der Waals surface area contributed by atoms with Crippen molar-refractivity contribution in [3.63, 3.8) is 0 Å². The number of rotatable bonds is 2. The van der Waals surface area contributed by atoms with Gasteiger partial charge in [0.25, 0.3) is 0 Å². The standard InChI is InChI=1S/C7H13O/c1-5(2)6(3)7(4)8/h6-7H,1H2,2-4H3. The summed E-state index contributed by atoms with van der Waals surface area (Å²) >= 11 is 0. The van der Waals surface area contributed by atoms with E-state index < -0.39 is 6.10 Å². The van der Waals surface area contributed by atoms with E-state index >= 15 is 0 Å². The highest BCUT2D eigenvalue weighted by Gasteiger charge is 2.09. The predicted molar refractivity (Wildman–Crippen MR) is 34.1 cm³/mol. The number of hydrogen-bond acceptors (Lipinski definition) is 0. The average molecular weight is 113 g/mol. The largest absolute Gasteiger partial charge is 0.233 e. The average Bonchev–Trinajstić information content (AvgIpc) is 1.64. The fraction of sp³-hybridized carbons (Fsp3) is 0.714. The first-order valence-electron chi connectivity index (χ1n) is 2.87. The van der Waals surface area contributed by atoms with Crippen LogP contribution in [0.5, 0.6) is 0 Å². The summed E-state index contributed by atoms with van der Waals surface area (Å²) in [5.74, 6) is 0.120. The van der Waals surface area contributed by atoms with Gasteiger partial charge in [-0.2, -0.15) is 0 Å². The Hall–Kier alpha value is -0.300. The maximum Gasteiger partial charge on any atom is 0.0964 e. The Balaban J connectivity index is 3.64. The molecule has 0 aliphatic heterocycles. The molecular formula is C7H13O. The molecule has 0 aliphatic rings. The van der Waals surface area contributed by atoms with Crippen LogP contribution in [0.4, 0.5) is 0 Å². The van der Waals surface area contributed by atoms with Crippen molar-refractivity contribution in [1.29, 1.82) is 0 Å². The van der Waals surface area contributed by atoms with Gasteiger partial charge in [0.05, 0.1) is 6.10 Å². The van der Waals surface area contributed by atoms with Crippen LogP contribution in [0.2, 0.25) is 0 Å². The van der Waals surface area contributed by atoms with Crippen LogP contribution in [0.3, 0.4) is 0 Å². The minimum atomic E-state index is -0.507. The third-order valence-electron chi connectivity index (χ3n) is 1.48. The van der Waals surface area contributed by atoms with Gasteiger partial charge in [-0.1, -0.05) is 19.1 Å². The molecule has 8 heavy (non-hydrogen) atoms. The summed E-state index contributed by atoms with van der Waals surface area (Å²) in [7, 11) is 0. The van der Waals surface area contributed by atoms with E-state index in [4.69, 9.17) is 0 Å². The molecule has 0 aromatic heterocycles. The molecule has 1 nitrogen and oxygen atoms in total. The molecule has 0 aliphatic carbocycles. The van der Waals surface area contributed by atoms with Crippen molar-refractivity contribution in [3.8, 4) is 0 Å². The Morgan fingerprint density at radius 1 is 1.50 bits per heavy atom. The second-order valence-corrected chi connectivity index (χ2v) is 2.34. The normalized spacial score (nSPS) is 17.5. The highest BCUT2D eigenvalue weighted by atomic mass is 16.3. The summed E-state index contributed by atoms with van der Waals surface area (Å²) < 4.78 is 0. The molecule has 0 rings (SSSR count). The smallest absolute Gasteiger partial charge is 0.0964 e. The van der Waals surface area contributed by atoms with Gasteiger partial charge in [0, 0.05) is 5.92 Å². The number of hydrogen-bond donors (Lipinski definition) is 0. The van der Waals surface area contributed by atoms with Gasteiger partial charge < -0.3 is 0 Å². The highest BCUT2D eigenvalue weighted by molar-refractivity contribution is 4.95. The van der Waals surface area contributed by atoms with E-state index in [2.05, 4.69) is 6.58 Å². The Bertz CT molecular complexity index is 84.4. The lowest BCUT2D eigenvalue weighted by Gasteiger charge is -2.10. The summed E-state index contributed by atoms with van der Waals surface area (Å²) in [6.45, 7) is 9.13. The van der Waals surface area contributed by atoms with E-state index in [1.54, 1.807) is 6.92 Å². The van der Waals surface area contributed by atoms with Gasteiger partial charge in [0.15, 0.2) is 0 Å². The zero-order valence-electron chi connectivity index (χ0n) is 5.77. The zero-order valence-corrected chi connectivity index (χ0v) is 5.77. The minimum absolute atomic E-state index is 0.120. The summed E-state index contributed by atoms with van der Waals surface area (Å²) in [4.78, 5) is 0. The van der Waals surface area contributed by atoms with Crippen LogP contribution in [0, 0.1) is 5.92 Å². The predicted octanol–water partition coefficient (Wildman–Crippen LogP) is 2.02. The third kappa shape index (κ3) is 2.12. The lowest BCUT2D eigenvalue weighted by Crippen LogP contribution is -2.11. The van der Waals surface area contributed by atoms with E-state index in [-0.39, 0.29) is 5.92 Å². The molecular weight excluding hydrogens is 100 g/mol. The van der Waals surface area contributed by atoms with E-state index in [9.17, 15) is 5.11 Å². The van der Waals surface area contributed by atoms with Gasteiger partial charge in [-0.3, -0.25) is 0 Å². The first-order valence-corrected chi connectivity index (χ1v) is 2.87. The zero-order chi connectivity index (χ0) is 6.73. The SMILES string of the molecule is C=C(C)C(C)C(C)[O]. The molecule has 2 atom stereocenters. The maximum atomic E-state index is 10.6. The van der Waals surface area contributed by atoms with Crippen LogP contribution in [-0.2, 0) is 5.11 Å². The highest BCUT2D eigenvalue weighted by Crippen LogP contribution is 2.11. The molecule has 1 heteroatoms. The Kier molecular flexibility index (Phi) is 2.77. The molecule has 0 aromatic carbocycles. The molecule has 0 aromatic rings. The van der Waals surface area contributed by atoms with Gasteiger partial charge in [-0.05, 0) is 13.8 Å². The topological polar surface area (TPSA) is 19.9 Å². The lowest BCUT2D eigenvalue weighted by atomic mass is 9.99. The fourth-order valence-electron chi connectivity index (χ4n) is 0.401. The van der Waals surface area contributed by atoms with Gasteiger partial charge in [0.2, 0.25) is 0 Å². The van der Waals surface area contributed by atoms with Crippen LogP contribution in [-0.4, -0.2) is 6.10 Å². The van der Waals surface area contributed by atoms with Crippen LogP contribution in [0.25, 0.3) is 0 Å². The summed E-state index contributed by atoms with van der Waals surface area (Å²) in [6.07, 6.45) is -0.507. The molecule has 0 N–H and O–H groups in total. The molecule has 0 heterocycles. The van der Waals surface area contributed by atoms with Crippen LogP contribution < -0.4 is 0 Å². The molecule has 1 radical (unpaired) electrons. The molecule has 2 unspecified atom stereocenters. The molecule has 0 spiro atoms. The van der Waals surface area contributed by atoms with Gasteiger partial charge in [-0.25, -0.2) is 5.11 Å². The van der Waals surface area contributed by atoms with Crippen LogP contribution in [0.15, 0.2) is 12.2 Å². The van der Waals surface area contributed by atoms with Gasteiger partial charge in [-0.15, -0.1) is 0 Å². The van der Waals surface area contributed by atoms with Gasteiger partial charge >= 0.3 is 0 Å². The van der Waals surface area contributed by atoms with Gasteiger partial charge in [0.1, 0.15) is 0 Å². The Labute approximate surface area is 51.0 Å². The second-order valence-electron chi connectivity index (χ2n) is 2.34. The summed E-state index contributed by atoms with van der Waals surface area (Å²) in [6, 6.07) is 0. The Morgan fingerprint density at radius 3 is 1.88 bits per heavy atom. The fourth-order valence-corrected chi connectivity index (χ4v) is 0.401. The van der Waals surface area contributed by atoms with Crippen LogP contribution in [0.1, 0.15) is 20.8 Å². The van der Waals surface area contributed by atoms with Crippen molar-refractivity contribution in [2.75, 3.05) is 0 Å². The van der Waals surface area contributed by atoms with Crippen molar-refractivity contribution in [2.24, 2.45) is 5.92 Å². The van der Waals surface area contributed by atoms with Crippen LogP contribution >= 0.6 is 0 Å². The van der Waals surface area contributed by atoms with E-state index in [0.717, 1.165) is 5.57 Å². The first-order chi connectivity index (χ1) is 3.55. The van der Waals surface area contributed by atoms with Crippen molar-refractivity contribution < 1.29 is 5.11 Å².